The lowest BCUT2D eigenvalue weighted by Crippen LogP contribution is -2.32. The molecule has 2 rings (SSSR count). The summed E-state index contributed by atoms with van der Waals surface area (Å²) in [6, 6.07) is 7.75. The molecule has 1 aromatic heterocycles. The number of aromatic nitrogens is 2. The van der Waals surface area contributed by atoms with E-state index in [9.17, 15) is 0 Å². The van der Waals surface area contributed by atoms with Crippen LogP contribution in [0.5, 0.6) is 0 Å². The molecule has 2 aromatic rings. The summed E-state index contributed by atoms with van der Waals surface area (Å²) in [7, 11) is 1.69. The zero-order valence-corrected chi connectivity index (χ0v) is 11.5. The highest BCUT2D eigenvalue weighted by Crippen LogP contribution is 2.22. The van der Waals surface area contributed by atoms with E-state index >= 15 is 0 Å². The van der Waals surface area contributed by atoms with E-state index in [1.807, 2.05) is 38.1 Å². The van der Waals surface area contributed by atoms with Crippen LogP contribution >= 0.6 is 11.6 Å². The van der Waals surface area contributed by atoms with Crippen LogP contribution < -0.4 is 5.32 Å². The lowest BCUT2D eigenvalue weighted by atomic mass is 10.1. The predicted molar refractivity (Wildman–Crippen MR) is 74.1 cm³/mol. The van der Waals surface area contributed by atoms with Crippen LogP contribution in [-0.2, 0) is 4.74 Å². The first-order chi connectivity index (χ1) is 8.52. The van der Waals surface area contributed by atoms with Crippen molar-refractivity contribution in [3.63, 3.8) is 0 Å². The van der Waals surface area contributed by atoms with Crippen LogP contribution in [0.15, 0.2) is 24.3 Å². The van der Waals surface area contributed by atoms with Gasteiger partial charge in [-0.05, 0) is 37.6 Å². The molecular formula is C13H16ClN3O. The second kappa shape index (κ2) is 5.08. The Bertz CT molecular complexity index is 557. The van der Waals surface area contributed by atoms with Crippen molar-refractivity contribution in [2.24, 2.45) is 0 Å². The number of fused-ring (bicyclic) bond motifs is 1. The van der Waals surface area contributed by atoms with Gasteiger partial charge in [0.15, 0.2) is 0 Å². The number of anilines is 1. The quantitative estimate of drug-likeness (QED) is 0.863. The van der Waals surface area contributed by atoms with Crippen LogP contribution in [0.1, 0.15) is 13.8 Å². The molecule has 1 heterocycles. The third kappa shape index (κ3) is 2.89. The lowest BCUT2D eigenvalue weighted by Gasteiger charge is -2.23. The molecule has 0 fully saturated rings. The van der Waals surface area contributed by atoms with Gasteiger partial charge >= 0.3 is 0 Å². The topological polar surface area (TPSA) is 47.0 Å². The smallest absolute Gasteiger partial charge is 0.224 e. The fourth-order valence-corrected chi connectivity index (χ4v) is 1.73. The first-order valence-electron chi connectivity index (χ1n) is 5.73. The van der Waals surface area contributed by atoms with E-state index in [1.54, 1.807) is 7.11 Å². The third-order valence-corrected chi connectivity index (χ3v) is 2.98. The molecule has 0 amide bonds. The zero-order chi connectivity index (χ0) is 13.2. The Labute approximate surface area is 111 Å². The number of nitrogens with zero attached hydrogens (tertiary/aromatic N) is 2. The Morgan fingerprint density at radius 3 is 2.72 bits per heavy atom. The number of hydrogen-bond donors (Lipinski definition) is 1. The summed E-state index contributed by atoms with van der Waals surface area (Å²) in [4.78, 5) is 8.41. The second-order valence-electron chi connectivity index (χ2n) is 4.68. The first kappa shape index (κ1) is 13.1. The predicted octanol–water partition coefficient (Wildman–Crippen LogP) is 3.12. The highest BCUT2D eigenvalue weighted by Gasteiger charge is 2.17. The number of nitrogens with one attached hydrogen (secondary N) is 1. The molecule has 0 radical (unpaired) electrons. The maximum Gasteiger partial charge on any atom is 0.224 e. The highest BCUT2D eigenvalue weighted by molar-refractivity contribution is 6.28. The normalized spacial score (nSPS) is 11.8. The Morgan fingerprint density at radius 2 is 2.00 bits per heavy atom. The molecule has 0 spiro atoms. The molecule has 1 aromatic carbocycles. The van der Waals surface area contributed by atoms with Crippen LogP contribution in [0.4, 0.5) is 5.82 Å². The standard InChI is InChI=1S/C13H16ClN3O/c1-13(2,18-3)8-15-11-9-6-4-5-7-10(9)16-12(14)17-11/h4-7H,8H2,1-3H3,(H,15,16,17). The minimum absolute atomic E-state index is 0.242. The van der Waals surface area contributed by atoms with E-state index in [4.69, 9.17) is 16.3 Å². The molecule has 5 heteroatoms. The van der Waals surface area contributed by atoms with Crippen molar-refractivity contribution in [1.29, 1.82) is 0 Å². The van der Waals surface area contributed by atoms with Crippen molar-refractivity contribution in [1.82, 2.24) is 9.97 Å². The summed E-state index contributed by atoms with van der Waals surface area (Å²) in [5.74, 6) is 0.732. The van der Waals surface area contributed by atoms with Gasteiger partial charge in [0.2, 0.25) is 5.28 Å². The number of methoxy groups -OCH3 is 1. The molecule has 96 valence electrons. The second-order valence-corrected chi connectivity index (χ2v) is 5.01. The van der Waals surface area contributed by atoms with Crippen molar-refractivity contribution in [3.8, 4) is 0 Å². The number of rotatable bonds is 4. The Hall–Kier alpha value is -1.39. The molecule has 0 aliphatic carbocycles. The van der Waals surface area contributed by atoms with E-state index in [-0.39, 0.29) is 10.9 Å². The summed E-state index contributed by atoms with van der Waals surface area (Å²) in [6.45, 7) is 4.65. The van der Waals surface area contributed by atoms with Crippen molar-refractivity contribution < 1.29 is 4.74 Å². The van der Waals surface area contributed by atoms with E-state index in [0.717, 1.165) is 16.7 Å². The molecule has 0 saturated heterocycles. The SMILES string of the molecule is COC(C)(C)CNc1nc(Cl)nc2ccccc12. The molecule has 1 N–H and O–H groups in total. The van der Waals surface area contributed by atoms with Gasteiger partial charge in [-0.2, -0.15) is 0 Å². The Kier molecular flexibility index (Phi) is 3.68. The van der Waals surface area contributed by atoms with Gasteiger partial charge in [-0.1, -0.05) is 12.1 Å². The maximum absolute atomic E-state index is 5.91. The molecule has 0 bridgehead atoms. The zero-order valence-electron chi connectivity index (χ0n) is 10.7. The molecule has 0 aliphatic rings. The number of hydrogen-bond acceptors (Lipinski definition) is 4. The van der Waals surface area contributed by atoms with E-state index in [0.29, 0.717) is 6.54 Å². The summed E-state index contributed by atoms with van der Waals surface area (Å²) in [5, 5.41) is 4.45. The average molecular weight is 266 g/mol. The fourth-order valence-electron chi connectivity index (χ4n) is 1.55. The fraction of sp³-hybridized carbons (Fsp3) is 0.385. The van der Waals surface area contributed by atoms with E-state index in [2.05, 4.69) is 15.3 Å². The van der Waals surface area contributed by atoms with Crippen molar-refractivity contribution in [3.05, 3.63) is 29.5 Å². The molecule has 18 heavy (non-hydrogen) atoms. The summed E-state index contributed by atoms with van der Waals surface area (Å²) >= 11 is 5.91. The van der Waals surface area contributed by atoms with Crippen LogP contribution in [0.25, 0.3) is 10.9 Å². The third-order valence-electron chi connectivity index (χ3n) is 2.81. The first-order valence-corrected chi connectivity index (χ1v) is 6.11. The van der Waals surface area contributed by atoms with Gasteiger partial charge < -0.3 is 10.1 Å². The van der Waals surface area contributed by atoms with Gasteiger partial charge in [0.25, 0.3) is 0 Å². The van der Waals surface area contributed by atoms with Crippen LogP contribution in [-0.4, -0.2) is 29.2 Å². The van der Waals surface area contributed by atoms with Gasteiger partial charge in [0.05, 0.1) is 11.1 Å². The molecule has 4 nitrogen and oxygen atoms in total. The minimum atomic E-state index is -0.265. The number of halogens is 1. The van der Waals surface area contributed by atoms with E-state index in [1.165, 1.54) is 0 Å². The average Bonchev–Trinajstić information content (AvgIpc) is 2.36. The minimum Gasteiger partial charge on any atom is -0.377 e. The lowest BCUT2D eigenvalue weighted by molar-refractivity contribution is 0.0343. The van der Waals surface area contributed by atoms with Gasteiger partial charge in [-0.25, -0.2) is 9.97 Å². The van der Waals surface area contributed by atoms with Crippen LogP contribution in [0.3, 0.4) is 0 Å². The Balaban J connectivity index is 2.33. The van der Waals surface area contributed by atoms with Crippen molar-refractivity contribution >= 4 is 28.3 Å². The molecule has 0 unspecified atom stereocenters. The molecule has 0 aliphatic heterocycles. The van der Waals surface area contributed by atoms with Gasteiger partial charge in [-0.3, -0.25) is 0 Å². The van der Waals surface area contributed by atoms with Gasteiger partial charge in [-0.15, -0.1) is 0 Å². The van der Waals surface area contributed by atoms with Gasteiger partial charge in [0, 0.05) is 19.0 Å². The summed E-state index contributed by atoms with van der Waals surface area (Å²) < 4.78 is 5.36. The van der Waals surface area contributed by atoms with Crippen molar-refractivity contribution in [2.45, 2.75) is 19.4 Å². The van der Waals surface area contributed by atoms with Crippen molar-refractivity contribution in [2.75, 3.05) is 19.0 Å². The monoisotopic (exact) mass is 265 g/mol. The number of benzene rings is 1. The maximum atomic E-state index is 5.91. The molecule has 0 saturated carbocycles. The Morgan fingerprint density at radius 1 is 1.28 bits per heavy atom. The molecular weight excluding hydrogens is 250 g/mol. The molecule has 0 atom stereocenters. The summed E-state index contributed by atoms with van der Waals surface area (Å²) in [5.41, 5.74) is 0.564. The van der Waals surface area contributed by atoms with Crippen LogP contribution in [0, 0.1) is 0 Å². The van der Waals surface area contributed by atoms with E-state index < -0.39 is 0 Å². The van der Waals surface area contributed by atoms with Gasteiger partial charge in [0.1, 0.15) is 5.82 Å². The number of para-hydroxylation sites is 1. The van der Waals surface area contributed by atoms with Crippen LogP contribution in [0.2, 0.25) is 5.28 Å². The summed E-state index contributed by atoms with van der Waals surface area (Å²) in [6.07, 6.45) is 0. The number of ether oxygens (including phenoxy) is 1. The highest BCUT2D eigenvalue weighted by atomic mass is 35.5. The largest absolute Gasteiger partial charge is 0.377 e.